The number of amides is 1. The Labute approximate surface area is 97.3 Å². The highest BCUT2D eigenvalue weighted by Gasteiger charge is 2.28. The normalized spacial score (nSPS) is 16.8. The van der Waals surface area contributed by atoms with Gasteiger partial charge in [0.2, 0.25) is 5.91 Å². The third-order valence-corrected chi connectivity index (χ3v) is 3.50. The fourth-order valence-electron chi connectivity index (χ4n) is 1.50. The number of carbonyl (C=O) groups excluding carboxylic acids is 1. The van der Waals surface area contributed by atoms with E-state index in [4.69, 9.17) is 5.11 Å². The number of hydrogen-bond donors (Lipinski definition) is 2. The molecule has 1 saturated carbocycles. The second-order valence-corrected chi connectivity index (χ2v) is 4.93. The smallest absolute Gasteiger partial charge is 0.312 e. The molecule has 2 rings (SSSR count). The molecule has 2 N–H and O–H groups in total. The Bertz CT molecular complexity index is 384. The standard InChI is InChI=1S/C11H13NO3S/c13-10(12-7-3-4-7)6-8(11(14)15)9-2-1-5-16-9/h1-2,5,7-8H,3-4,6H2,(H,12,13)(H,14,15). The Morgan fingerprint density at radius 2 is 2.31 bits per heavy atom. The van der Waals surface area contributed by atoms with Gasteiger partial charge in [0.05, 0.1) is 5.92 Å². The van der Waals surface area contributed by atoms with Crippen LogP contribution in [0.4, 0.5) is 0 Å². The minimum Gasteiger partial charge on any atom is -0.481 e. The summed E-state index contributed by atoms with van der Waals surface area (Å²) in [5.74, 6) is -1.81. The fraction of sp³-hybridized carbons (Fsp3) is 0.455. The lowest BCUT2D eigenvalue weighted by atomic mass is 10.0. The summed E-state index contributed by atoms with van der Waals surface area (Å²) in [5, 5.41) is 13.7. The monoisotopic (exact) mass is 239 g/mol. The van der Waals surface area contributed by atoms with Crippen molar-refractivity contribution in [3.63, 3.8) is 0 Å². The molecular formula is C11H13NO3S. The van der Waals surface area contributed by atoms with Crippen molar-refractivity contribution in [1.29, 1.82) is 0 Å². The van der Waals surface area contributed by atoms with E-state index in [-0.39, 0.29) is 18.4 Å². The van der Waals surface area contributed by atoms with E-state index < -0.39 is 11.9 Å². The summed E-state index contributed by atoms with van der Waals surface area (Å²) >= 11 is 1.38. The first kappa shape index (κ1) is 11.1. The molecule has 1 unspecified atom stereocenters. The average Bonchev–Trinajstić information content (AvgIpc) is 2.87. The van der Waals surface area contributed by atoms with E-state index >= 15 is 0 Å². The molecule has 1 aromatic heterocycles. The Morgan fingerprint density at radius 1 is 1.56 bits per heavy atom. The predicted octanol–water partition coefficient (Wildman–Crippen LogP) is 1.58. The zero-order valence-corrected chi connectivity index (χ0v) is 9.50. The molecule has 1 heterocycles. The number of hydrogen-bond acceptors (Lipinski definition) is 3. The second-order valence-electron chi connectivity index (χ2n) is 3.95. The molecule has 0 spiro atoms. The van der Waals surface area contributed by atoms with E-state index in [9.17, 15) is 9.59 Å². The largest absolute Gasteiger partial charge is 0.481 e. The third kappa shape index (κ3) is 2.82. The Morgan fingerprint density at radius 3 is 2.81 bits per heavy atom. The summed E-state index contributed by atoms with van der Waals surface area (Å²) < 4.78 is 0. The van der Waals surface area contributed by atoms with Crippen molar-refractivity contribution >= 4 is 23.2 Å². The van der Waals surface area contributed by atoms with E-state index in [0.717, 1.165) is 17.7 Å². The Hall–Kier alpha value is -1.36. The van der Waals surface area contributed by atoms with Gasteiger partial charge in [-0.3, -0.25) is 9.59 Å². The zero-order valence-electron chi connectivity index (χ0n) is 8.68. The van der Waals surface area contributed by atoms with Crippen LogP contribution in [-0.2, 0) is 9.59 Å². The van der Waals surface area contributed by atoms with Gasteiger partial charge in [-0.05, 0) is 24.3 Å². The van der Waals surface area contributed by atoms with Gasteiger partial charge in [-0.15, -0.1) is 11.3 Å². The molecule has 86 valence electrons. The van der Waals surface area contributed by atoms with Crippen molar-refractivity contribution in [3.05, 3.63) is 22.4 Å². The number of nitrogens with one attached hydrogen (secondary N) is 1. The van der Waals surface area contributed by atoms with Crippen LogP contribution in [-0.4, -0.2) is 23.0 Å². The van der Waals surface area contributed by atoms with Crippen LogP contribution in [0.15, 0.2) is 17.5 Å². The number of carboxylic acids is 1. The van der Waals surface area contributed by atoms with E-state index in [1.807, 2.05) is 5.38 Å². The van der Waals surface area contributed by atoms with Gasteiger partial charge in [-0.2, -0.15) is 0 Å². The summed E-state index contributed by atoms with van der Waals surface area (Å²) in [4.78, 5) is 23.3. The van der Waals surface area contributed by atoms with Gasteiger partial charge >= 0.3 is 5.97 Å². The molecule has 1 fully saturated rings. The van der Waals surface area contributed by atoms with Crippen LogP contribution in [0.1, 0.15) is 30.1 Å². The number of carboxylic acid groups (broad SMARTS) is 1. The number of thiophene rings is 1. The summed E-state index contributed by atoms with van der Waals surface area (Å²) in [6.45, 7) is 0. The maximum absolute atomic E-state index is 11.5. The van der Waals surface area contributed by atoms with Crippen molar-refractivity contribution in [2.24, 2.45) is 0 Å². The first-order chi connectivity index (χ1) is 7.66. The highest BCUT2D eigenvalue weighted by atomic mass is 32.1. The van der Waals surface area contributed by atoms with Gasteiger partial charge in [0.15, 0.2) is 0 Å². The topological polar surface area (TPSA) is 66.4 Å². The van der Waals surface area contributed by atoms with Gasteiger partial charge < -0.3 is 10.4 Å². The van der Waals surface area contributed by atoms with Crippen molar-refractivity contribution in [2.45, 2.75) is 31.2 Å². The molecule has 1 aromatic rings. The molecule has 1 amide bonds. The van der Waals surface area contributed by atoms with Crippen LogP contribution in [0.3, 0.4) is 0 Å². The highest BCUT2D eigenvalue weighted by molar-refractivity contribution is 7.10. The maximum Gasteiger partial charge on any atom is 0.312 e. The van der Waals surface area contributed by atoms with Gasteiger partial charge in [0.1, 0.15) is 0 Å². The van der Waals surface area contributed by atoms with Crippen molar-refractivity contribution < 1.29 is 14.7 Å². The van der Waals surface area contributed by atoms with Gasteiger partial charge in [-0.1, -0.05) is 6.07 Å². The first-order valence-electron chi connectivity index (χ1n) is 5.22. The summed E-state index contributed by atoms with van der Waals surface area (Å²) in [6, 6.07) is 3.84. The summed E-state index contributed by atoms with van der Waals surface area (Å²) in [7, 11) is 0. The molecule has 1 aliphatic rings. The van der Waals surface area contributed by atoms with Crippen LogP contribution < -0.4 is 5.32 Å². The fourth-order valence-corrected chi connectivity index (χ4v) is 2.32. The summed E-state index contributed by atoms with van der Waals surface area (Å²) in [6.07, 6.45) is 2.07. The zero-order chi connectivity index (χ0) is 11.5. The average molecular weight is 239 g/mol. The lowest BCUT2D eigenvalue weighted by molar-refractivity contribution is -0.140. The maximum atomic E-state index is 11.5. The predicted molar refractivity (Wildman–Crippen MR) is 60.5 cm³/mol. The van der Waals surface area contributed by atoms with Crippen LogP contribution in [0.5, 0.6) is 0 Å². The van der Waals surface area contributed by atoms with E-state index in [1.54, 1.807) is 12.1 Å². The highest BCUT2D eigenvalue weighted by Crippen LogP contribution is 2.25. The minimum absolute atomic E-state index is 0.0341. The molecule has 1 atom stereocenters. The van der Waals surface area contributed by atoms with Gasteiger partial charge in [-0.25, -0.2) is 0 Å². The Kier molecular flexibility index (Phi) is 3.24. The number of aliphatic carboxylic acids is 1. The lowest BCUT2D eigenvalue weighted by Gasteiger charge is -2.10. The molecule has 0 aromatic carbocycles. The quantitative estimate of drug-likeness (QED) is 0.820. The van der Waals surface area contributed by atoms with Crippen LogP contribution in [0.25, 0.3) is 0 Å². The van der Waals surface area contributed by atoms with Crippen LogP contribution in [0.2, 0.25) is 0 Å². The van der Waals surface area contributed by atoms with Crippen LogP contribution in [0, 0.1) is 0 Å². The lowest BCUT2D eigenvalue weighted by Crippen LogP contribution is -2.28. The van der Waals surface area contributed by atoms with Gasteiger partial charge in [0, 0.05) is 17.3 Å². The molecule has 4 nitrogen and oxygen atoms in total. The molecule has 5 heteroatoms. The molecule has 0 saturated heterocycles. The first-order valence-corrected chi connectivity index (χ1v) is 6.10. The molecule has 0 radical (unpaired) electrons. The third-order valence-electron chi connectivity index (χ3n) is 2.52. The number of carbonyl (C=O) groups is 2. The van der Waals surface area contributed by atoms with Crippen molar-refractivity contribution in [3.8, 4) is 0 Å². The molecule has 16 heavy (non-hydrogen) atoms. The van der Waals surface area contributed by atoms with E-state index in [1.165, 1.54) is 11.3 Å². The van der Waals surface area contributed by atoms with Crippen LogP contribution >= 0.6 is 11.3 Å². The second kappa shape index (κ2) is 4.65. The number of rotatable bonds is 5. The SMILES string of the molecule is O=C(CC(C(=O)O)c1cccs1)NC1CC1. The van der Waals surface area contributed by atoms with E-state index in [2.05, 4.69) is 5.32 Å². The van der Waals surface area contributed by atoms with E-state index in [0.29, 0.717) is 0 Å². The van der Waals surface area contributed by atoms with Crippen molar-refractivity contribution in [1.82, 2.24) is 5.32 Å². The van der Waals surface area contributed by atoms with Gasteiger partial charge in [0.25, 0.3) is 0 Å². The minimum atomic E-state index is -0.937. The van der Waals surface area contributed by atoms with Crippen molar-refractivity contribution in [2.75, 3.05) is 0 Å². The molecular weight excluding hydrogens is 226 g/mol. The molecule has 0 aliphatic heterocycles. The Balaban J connectivity index is 1.97. The molecule has 0 bridgehead atoms. The summed E-state index contributed by atoms with van der Waals surface area (Å²) in [5.41, 5.74) is 0. The molecule has 1 aliphatic carbocycles.